The lowest BCUT2D eigenvalue weighted by Gasteiger charge is -2.50. The Morgan fingerprint density at radius 2 is 1.97 bits per heavy atom. The van der Waals surface area contributed by atoms with Crippen LogP contribution >= 0.6 is 0 Å². The van der Waals surface area contributed by atoms with Crippen molar-refractivity contribution in [2.24, 2.45) is 0 Å². The number of nitrogens with zero attached hydrogens (tertiary/aromatic N) is 2. The van der Waals surface area contributed by atoms with E-state index >= 15 is 0 Å². The summed E-state index contributed by atoms with van der Waals surface area (Å²) in [5, 5.41) is 5.83. The summed E-state index contributed by atoms with van der Waals surface area (Å²) in [6.07, 6.45) is 5.65. The van der Waals surface area contributed by atoms with E-state index in [0.29, 0.717) is 13.0 Å². The van der Waals surface area contributed by atoms with Crippen LogP contribution in [0.15, 0.2) is 18.2 Å². The Morgan fingerprint density at radius 1 is 1.10 bits per heavy atom. The quantitative estimate of drug-likeness (QED) is 0.750. The average molecular weight is 396 g/mol. The van der Waals surface area contributed by atoms with Crippen molar-refractivity contribution in [1.29, 1.82) is 0 Å². The van der Waals surface area contributed by atoms with Crippen LogP contribution in [0.1, 0.15) is 60.0 Å². The molecular weight excluding hydrogens is 368 g/mol. The zero-order valence-electron chi connectivity index (χ0n) is 16.7. The van der Waals surface area contributed by atoms with Crippen molar-refractivity contribution in [3.8, 4) is 0 Å². The van der Waals surface area contributed by atoms with E-state index in [1.807, 2.05) is 12.1 Å². The highest BCUT2D eigenvalue weighted by Gasteiger charge is 2.44. The molecule has 0 saturated carbocycles. The number of carbonyl (C=O) groups excluding carboxylic acids is 3. The minimum absolute atomic E-state index is 0.0688. The van der Waals surface area contributed by atoms with Gasteiger partial charge in [0.15, 0.2) is 0 Å². The van der Waals surface area contributed by atoms with Gasteiger partial charge in [-0.3, -0.25) is 24.6 Å². The van der Waals surface area contributed by atoms with Crippen LogP contribution in [0.4, 0.5) is 0 Å². The van der Waals surface area contributed by atoms with Crippen molar-refractivity contribution in [3.63, 3.8) is 0 Å². The lowest BCUT2D eigenvalue weighted by atomic mass is 9.85. The van der Waals surface area contributed by atoms with E-state index in [4.69, 9.17) is 0 Å². The molecule has 7 heteroatoms. The van der Waals surface area contributed by atoms with Gasteiger partial charge in [-0.15, -0.1) is 0 Å². The van der Waals surface area contributed by atoms with Crippen molar-refractivity contribution in [3.05, 3.63) is 34.9 Å². The van der Waals surface area contributed by atoms with Crippen LogP contribution in [-0.2, 0) is 22.7 Å². The molecule has 7 nitrogen and oxygen atoms in total. The van der Waals surface area contributed by atoms with Gasteiger partial charge < -0.3 is 10.2 Å². The molecule has 0 bridgehead atoms. The fraction of sp³-hybridized carbons (Fsp3) is 0.591. The van der Waals surface area contributed by atoms with Crippen LogP contribution in [0.5, 0.6) is 0 Å². The fourth-order valence-electron chi connectivity index (χ4n) is 5.42. The first kappa shape index (κ1) is 18.8. The fourth-order valence-corrected chi connectivity index (χ4v) is 5.42. The number of likely N-dealkylation sites (tertiary alicyclic amines) is 1. The molecule has 1 spiro atoms. The molecule has 1 atom stereocenters. The predicted molar refractivity (Wildman–Crippen MR) is 107 cm³/mol. The summed E-state index contributed by atoms with van der Waals surface area (Å²) in [5.41, 5.74) is 3.05. The Kier molecular flexibility index (Phi) is 4.67. The topological polar surface area (TPSA) is 81.8 Å². The minimum Gasteiger partial charge on any atom is -0.322 e. The van der Waals surface area contributed by atoms with Crippen molar-refractivity contribution >= 4 is 17.7 Å². The summed E-state index contributed by atoms with van der Waals surface area (Å²) >= 11 is 0. The molecule has 5 rings (SSSR count). The molecule has 1 unspecified atom stereocenters. The van der Waals surface area contributed by atoms with Gasteiger partial charge in [-0.1, -0.05) is 31.0 Å². The zero-order valence-corrected chi connectivity index (χ0v) is 16.7. The predicted octanol–water partition coefficient (Wildman–Crippen LogP) is 1.17. The molecule has 0 radical (unpaired) electrons. The molecule has 4 aliphatic rings. The molecule has 4 heterocycles. The average Bonchev–Trinajstić information content (AvgIpc) is 2.85. The van der Waals surface area contributed by atoms with Crippen molar-refractivity contribution < 1.29 is 14.4 Å². The number of hydrogen-bond donors (Lipinski definition) is 2. The Labute approximate surface area is 170 Å². The van der Waals surface area contributed by atoms with Gasteiger partial charge in [0, 0.05) is 43.7 Å². The third kappa shape index (κ3) is 3.16. The first-order chi connectivity index (χ1) is 14.1. The normalized spacial score (nSPS) is 26.8. The van der Waals surface area contributed by atoms with Crippen LogP contribution < -0.4 is 10.6 Å². The number of carbonyl (C=O) groups is 3. The van der Waals surface area contributed by atoms with Crippen molar-refractivity contribution in [1.82, 2.24) is 20.4 Å². The Morgan fingerprint density at radius 3 is 2.72 bits per heavy atom. The summed E-state index contributed by atoms with van der Waals surface area (Å²) in [6.45, 7) is 4.34. The van der Waals surface area contributed by atoms with E-state index in [1.165, 1.54) is 25.7 Å². The molecule has 3 saturated heterocycles. The van der Waals surface area contributed by atoms with E-state index in [1.54, 1.807) is 4.90 Å². The largest absolute Gasteiger partial charge is 0.322 e. The molecule has 3 amide bonds. The summed E-state index contributed by atoms with van der Waals surface area (Å²) in [6, 6.07) is 5.53. The Bertz CT molecular complexity index is 864. The van der Waals surface area contributed by atoms with Crippen LogP contribution in [0.3, 0.4) is 0 Å². The first-order valence-electron chi connectivity index (χ1n) is 10.8. The molecule has 3 fully saturated rings. The number of amides is 3. The maximum absolute atomic E-state index is 13.3. The number of hydrogen-bond acceptors (Lipinski definition) is 5. The second-order valence-electron chi connectivity index (χ2n) is 8.91. The summed E-state index contributed by atoms with van der Waals surface area (Å²) in [7, 11) is 0. The highest BCUT2D eigenvalue weighted by atomic mass is 16.2. The molecule has 29 heavy (non-hydrogen) atoms. The third-order valence-corrected chi connectivity index (χ3v) is 7.15. The van der Waals surface area contributed by atoms with E-state index in [9.17, 15) is 14.4 Å². The summed E-state index contributed by atoms with van der Waals surface area (Å²) in [5.74, 6) is -0.673. The minimum atomic E-state index is -0.555. The summed E-state index contributed by atoms with van der Waals surface area (Å²) in [4.78, 5) is 41.4. The van der Waals surface area contributed by atoms with Gasteiger partial charge in [0.25, 0.3) is 5.91 Å². The number of benzene rings is 1. The van der Waals surface area contributed by atoms with Gasteiger partial charge in [0.1, 0.15) is 6.04 Å². The van der Waals surface area contributed by atoms with Crippen LogP contribution in [0.25, 0.3) is 0 Å². The number of rotatable bonds is 3. The number of nitrogens with one attached hydrogen (secondary N) is 2. The van der Waals surface area contributed by atoms with E-state index < -0.39 is 6.04 Å². The van der Waals surface area contributed by atoms with E-state index in [0.717, 1.165) is 42.9 Å². The van der Waals surface area contributed by atoms with Crippen LogP contribution in [-0.4, -0.2) is 58.7 Å². The maximum atomic E-state index is 13.3. The van der Waals surface area contributed by atoms with Crippen molar-refractivity contribution in [2.75, 3.05) is 19.6 Å². The van der Waals surface area contributed by atoms with E-state index in [-0.39, 0.29) is 29.7 Å². The molecule has 154 valence electrons. The second-order valence-corrected chi connectivity index (χ2v) is 8.91. The van der Waals surface area contributed by atoms with Gasteiger partial charge in [-0.05, 0) is 36.9 Å². The van der Waals surface area contributed by atoms with Crippen LogP contribution in [0, 0.1) is 0 Å². The Balaban J connectivity index is 1.40. The molecule has 1 aromatic rings. The molecular formula is C22H28N4O3. The Hall–Kier alpha value is -2.25. The number of piperidine rings is 1. The molecule has 0 aromatic heterocycles. The molecule has 2 N–H and O–H groups in total. The maximum Gasteiger partial charge on any atom is 0.255 e. The van der Waals surface area contributed by atoms with Gasteiger partial charge >= 0.3 is 0 Å². The van der Waals surface area contributed by atoms with Gasteiger partial charge in [0.05, 0.1) is 0 Å². The molecule has 1 aromatic carbocycles. The lowest BCUT2D eigenvalue weighted by molar-refractivity contribution is -0.136. The van der Waals surface area contributed by atoms with Gasteiger partial charge in [0.2, 0.25) is 11.8 Å². The summed E-state index contributed by atoms with van der Waals surface area (Å²) < 4.78 is 0. The highest BCUT2D eigenvalue weighted by molar-refractivity contribution is 6.06. The molecule has 0 aliphatic carbocycles. The smallest absolute Gasteiger partial charge is 0.255 e. The van der Waals surface area contributed by atoms with Gasteiger partial charge in [-0.25, -0.2) is 0 Å². The van der Waals surface area contributed by atoms with Crippen LogP contribution in [0.2, 0.25) is 0 Å². The molecule has 4 aliphatic heterocycles. The second kappa shape index (κ2) is 7.22. The standard InChI is InChI=1S/C22H28N4O3/c27-18-8-7-17(20(28)24-18)26-12-16-6-4-5-15(19(16)21(26)29)11-25-10-3-1-2-9-22(25)13-23-14-22/h4-6,17,23H,1-3,7-14H2,(H,24,27,28). The monoisotopic (exact) mass is 396 g/mol. The SMILES string of the molecule is O=C1CCC(N2Cc3cccc(CN4CCCCCC45CNC5)c3C2=O)C(=O)N1. The van der Waals surface area contributed by atoms with E-state index in [2.05, 4.69) is 21.6 Å². The van der Waals surface area contributed by atoms with Crippen molar-refractivity contribution in [2.45, 2.75) is 63.2 Å². The third-order valence-electron chi connectivity index (χ3n) is 7.15. The number of fused-ring (bicyclic) bond motifs is 1. The van der Waals surface area contributed by atoms with Gasteiger partial charge in [-0.2, -0.15) is 0 Å². The lowest BCUT2D eigenvalue weighted by Crippen LogP contribution is -2.68. The number of imide groups is 1. The first-order valence-corrected chi connectivity index (χ1v) is 10.8. The zero-order chi connectivity index (χ0) is 20.0. The highest BCUT2D eigenvalue weighted by Crippen LogP contribution is 2.35.